The van der Waals surface area contributed by atoms with Gasteiger partial charge in [-0.15, -0.1) is 0 Å². The highest BCUT2D eigenvalue weighted by molar-refractivity contribution is 5.82. The van der Waals surface area contributed by atoms with Gasteiger partial charge in [-0.2, -0.15) is 0 Å². The summed E-state index contributed by atoms with van der Waals surface area (Å²) in [5.74, 6) is 2.80. The molecule has 648 valence electrons. The Balaban J connectivity index is 0.000000116. The third-order valence-corrected chi connectivity index (χ3v) is 28.1. The van der Waals surface area contributed by atoms with Gasteiger partial charge in [-0.1, -0.05) is 12.8 Å². The van der Waals surface area contributed by atoms with Crippen LogP contribution in [0.15, 0.2) is 0 Å². The number of hydrogen-bond donors (Lipinski definition) is 0. The molecule has 19 fully saturated rings. The largest absolute Gasteiger partial charge is 0.465 e. The van der Waals surface area contributed by atoms with E-state index < -0.39 is 0 Å². The van der Waals surface area contributed by atoms with Crippen LogP contribution in [0.1, 0.15) is 277 Å². The number of unbranched alkanes of at least 4 members (excludes halogenated alkanes) is 8. The van der Waals surface area contributed by atoms with Crippen molar-refractivity contribution in [1.82, 2.24) is 0 Å². The molecule has 0 aromatic heterocycles. The molecule has 9 saturated carbocycles. The van der Waals surface area contributed by atoms with E-state index in [4.69, 9.17) is 85.6 Å². The highest BCUT2D eigenvalue weighted by Gasteiger charge is 2.61. The van der Waals surface area contributed by atoms with Gasteiger partial charge in [-0.3, -0.25) is 28.8 Å². The van der Waals surface area contributed by atoms with E-state index in [1.165, 1.54) is 32.1 Å². The van der Waals surface area contributed by atoms with Gasteiger partial charge in [0.05, 0.1) is 192 Å². The van der Waals surface area contributed by atoms with Crippen molar-refractivity contribution in [2.45, 2.75) is 392 Å². The Hall–Kier alpha value is -4.16. The monoisotopic (exact) mass is 1620 g/mol. The van der Waals surface area contributed by atoms with E-state index in [1.54, 1.807) is 0 Å². The lowest BCUT2D eigenvalue weighted by Crippen LogP contribution is -2.31. The van der Waals surface area contributed by atoms with Gasteiger partial charge in [-0.25, -0.2) is 9.78 Å². The standard InChI is InChI=1S/C20H30O6.C18H26O6.C15H22O4.C14H20O4.C12H22O4.C10H16O2/c21-19(24-12-13-5-7-15-17(10-13)25-15)4-2-1-3-9-23-20(22)14-6-8-16-18(11-14)26-16;19-17(22-10-11-3-5-13-15(8-11)23-13)2-1-7-21-18(20)12-4-6-14-16(9-12)24-14;16-11(10-2-4-13-15(6-10)19-13)8-17-7-9-1-3-12-14(5-9)18-12;15-14(9-2-4-11-13(6-9)18-11)16-7-8-1-3-10-12(5-8)17-10;13-9-5-1-3-7-11-15-16-12-8-4-2-6-10-14;1-9-5-7(10(2)6-11-10)3-4-8(9)12-9/h13-18H,1-12H2;11-16H,1-10H2;9-10,12-15H,1-8H2;8-13H,1-7H2;9-10H,1-8,11-12H2;7-8H,3-6H2,1-2H3. The van der Waals surface area contributed by atoms with Gasteiger partial charge in [0.1, 0.15) is 19.2 Å². The lowest BCUT2D eigenvalue weighted by Gasteiger charge is -2.26. The van der Waals surface area contributed by atoms with Crippen LogP contribution in [-0.2, 0) is 124 Å². The van der Waals surface area contributed by atoms with Crippen molar-refractivity contribution in [2.75, 3.05) is 66.1 Å². The van der Waals surface area contributed by atoms with Crippen LogP contribution >= 0.6 is 0 Å². The van der Waals surface area contributed by atoms with Crippen molar-refractivity contribution in [3.05, 3.63) is 0 Å². The smallest absolute Gasteiger partial charge is 0.309 e. The lowest BCUT2D eigenvalue weighted by atomic mass is 9.76. The van der Waals surface area contributed by atoms with E-state index >= 15 is 0 Å². The zero-order chi connectivity index (χ0) is 79.7. The van der Waals surface area contributed by atoms with Gasteiger partial charge in [0, 0.05) is 31.6 Å². The van der Waals surface area contributed by atoms with Crippen LogP contribution in [0.2, 0.25) is 0 Å². The molecule has 0 spiro atoms. The summed E-state index contributed by atoms with van der Waals surface area (Å²) in [4.78, 5) is 102. The Kier molecular flexibility index (Phi) is 32.3. The first-order valence-electron chi connectivity index (χ1n) is 45.6. The molecule has 28 atom stereocenters. The molecule has 10 aliphatic heterocycles. The zero-order valence-corrected chi connectivity index (χ0v) is 68.8. The topological polar surface area (TPSA) is 336 Å². The molecule has 0 bridgehead atoms. The molecule has 19 rings (SSSR count). The zero-order valence-electron chi connectivity index (χ0n) is 68.8. The highest BCUT2D eigenvalue weighted by Crippen LogP contribution is 2.55. The van der Waals surface area contributed by atoms with Crippen LogP contribution in [-0.4, -0.2) is 229 Å². The minimum Gasteiger partial charge on any atom is -0.465 e. The van der Waals surface area contributed by atoms with Crippen LogP contribution in [0.4, 0.5) is 0 Å². The summed E-state index contributed by atoms with van der Waals surface area (Å²) >= 11 is 0. The van der Waals surface area contributed by atoms with Crippen molar-refractivity contribution < 1.29 is 124 Å². The second-order valence-corrected chi connectivity index (χ2v) is 37.4. The lowest BCUT2D eigenvalue weighted by molar-refractivity contribution is -0.295. The molecule has 28 unspecified atom stereocenters. The molecule has 10 saturated heterocycles. The number of fused-ring (bicyclic) bond motifs is 9. The Labute approximate surface area is 680 Å². The molecule has 0 amide bonds. The van der Waals surface area contributed by atoms with Crippen molar-refractivity contribution in [3.63, 3.8) is 0 Å². The molecule has 115 heavy (non-hydrogen) atoms. The van der Waals surface area contributed by atoms with Crippen molar-refractivity contribution in [3.8, 4) is 0 Å². The summed E-state index contributed by atoms with van der Waals surface area (Å²) in [6, 6.07) is 0. The fourth-order valence-corrected chi connectivity index (χ4v) is 19.7. The van der Waals surface area contributed by atoms with Crippen LogP contribution < -0.4 is 0 Å². The first-order valence-corrected chi connectivity index (χ1v) is 45.6. The number of esters is 5. The van der Waals surface area contributed by atoms with E-state index in [2.05, 4.69) is 13.8 Å². The molecule has 26 nitrogen and oxygen atoms in total. The fraction of sp³-hybridized carbons (Fsp3) is 0.910. The van der Waals surface area contributed by atoms with E-state index in [-0.39, 0.29) is 76.6 Å². The molecule has 26 heteroatoms. The predicted molar refractivity (Wildman–Crippen MR) is 412 cm³/mol. The van der Waals surface area contributed by atoms with Gasteiger partial charge in [0.15, 0.2) is 5.78 Å². The van der Waals surface area contributed by atoms with Crippen LogP contribution in [0.5, 0.6) is 0 Å². The van der Waals surface area contributed by atoms with Gasteiger partial charge in [0.25, 0.3) is 0 Å². The van der Waals surface area contributed by atoms with Crippen LogP contribution in [0, 0.1) is 53.3 Å². The molecule has 10 heterocycles. The summed E-state index contributed by atoms with van der Waals surface area (Å²) in [6.45, 7) is 10.0. The minimum atomic E-state index is -0.197. The number of aldehydes is 2. The summed E-state index contributed by atoms with van der Waals surface area (Å²) in [5.41, 5.74) is 0.456. The Bertz CT molecular complexity index is 3110. The van der Waals surface area contributed by atoms with Crippen molar-refractivity contribution in [1.29, 1.82) is 0 Å². The van der Waals surface area contributed by atoms with E-state index in [1.807, 2.05) is 0 Å². The molecule has 0 aromatic carbocycles. The second-order valence-electron chi connectivity index (χ2n) is 37.4. The maximum Gasteiger partial charge on any atom is 0.309 e. The van der Waals surface area contributed by atoms with Gasteiger partial charge in [-0.05, 0) is 268 Å². The Morgan fingerprint density at radius 3 is 1.10 bits per heavy atom. The van der Waals surface area contributed by atoms with Crippen LogP contribution in [0.3, 0.4) is 0 Å². The first-order chi connectivity index (χ1) is 56.0. The predicted octanol–water partition coefficient (Wildman–Crippen LogP) is 12.3. The molecular formula is C89H136O26. The van der Waals surface area contributed by atoms with Crippen LogP contribution in [0.25, 0.3) is 0 Å². The summed E-state index contributed by atoms with van der Waals surface area (Å²) in [6.07, 6.45) is 48.3. The number of epoxide rings is 10. The minimum absolute atomic E-state index is 0.00258. The molecular weight excluding hydrogens is 1480 g/mol. The fourth-order valence-electron chi connectivity index (χ4n) is 19.7. The Morgan fingerprint density at radius 1 is 0.339 bits per heavy atom. The number of carbonyl (C=O) groups is 8. The molecule has 0 N–H and O–H groups in total. The molecule has 19 aliphatic rings. The summed E-state index contributed by atoms with van der Waals surface area (Å²) < 4.78 is 87.5. The third kappa shape index (κ3) is 28.5. The molecule has 0 radical (unpaired) electrons. The van der Waals surface area contributed by atoms with Gasteiger partial charge >= 0.3 is 29.8 Å². The normalized spacial score (nSPS) is 40.0. The maximum absolute atomic E-state index is 12.1. The van der Waals surface area contributed by atoms with Gasteiger partial charge in [0.2, 0.25) is 0 Å². The number of Topliss-reactive ketones (excluding diaryl/α,β-unsaturated/α-hetero) is 1. The van der Waals surface area contributed by atoms with E-state index in [9.17, 15) is 38.4 Å². The average molecular weight is 1620 g/mol. The average Bonchev–Trinajstić information content (AvgIpc) is 1.57. The summed E-state index contributed by atoms with van der Waals surface area (Å²) in [5, 5.41) is 0. The van der Waals surface area contributed by atoms with Crippen molar-refractivity contribution >= 4 is 48.2 Å². The number of rotatable bonds is 38. The maximum atomic E-state index is 12.1. The number of ether oxygens (including phenoxy) is 16. The SMILES string of the molecule is CC1(C2CCC3OC3(C)C2)CO1.O=C(CCCCCOC(=O)C1CCC2OC2C1)OCC1CCC2OC2C1.O=C(CCCOC(=O)C1CCC2OC2C1)OCC1CCC2OC2C1.O=C(COCC1CCC2OC2C1)C1CCC2OC2C1.O=C(OCC1CCC2OC2C1)C1CCC2OC2C1.O=CCCCCCOOCCCCCC=O. The molecule has 0 aromatic rings. The first kappa shape index (κ1) is 87.2. The number of ketones is 1. The quantitative estimate of drug-likeness (QED) is 0.0105. The third-order valence-electron chi connectivity index (χ3n) is 28.1. The highest BCUT2D eigenvalue weighted by atomic mass is 17.2. The van der Waals surface area contributed by atoms with Crippen molar-refractivity contribution in [2.24, 2.45) is 53.3 Å². The Morgan fingerprint density at radius 2 is 0.696 bits per heavy atom. The second kappa shape index (κ2) is 42.6. The molecule has 9 aliphatic carbocycles. The van der Waals surface area contributed by atoms with Gasteiger partial charge < -0.3 is 85.4 Å². The van der Waals surface area contributed by atoms with E-state index in [0.29, 0.717) is 206 Å². The summed E-state index contributed by atoms with van der Waals surface area (Å²) in [7, 11) is 0. The number of carbonyl (C=O) groups excluding carboxylic acids is 8. The van der Waals surface area contributed by atoms with E-state index in [0.717, 1.165) is 231 Å². The number of hydrogen-bond acceptors (Lipinski definition) is 26.